The molecule has 1 aliphatic rings. The Kier molecular flexibility index (Phi) is 6.49. The largest absolute Gasteiger partial charge is 0.324 e. The molecule has 1 fully saturated rings. The number of hydrogen-bond acceptors (Lipinski definition) is 4. The average molecular weight is 402 g/mol. The van der Waals surface area contributed by atoms with Crippen molar-refractivity contribution in [2.24, 2.45) is 0 Å². The van der Waals surface area contributed by atoms with Crippen molar-refractivity contribution in [3.05, 3.63) is 65.7 Å². The van der Waals surface area contributed by atoms with Gasteiger partial charge in [-0.25, -0.2) is 13.1 Å². The van der Waals surface area contributed by atoms with E-state index < -0.39 is 16.1 Å². The van der Waals surface area contributed by atoms with Gasteiger partial charge in [0.05, 0.1) is 6.26 Å². The second-order valence-electron chi connectivity index (χ2n) is 7.37. The van der Waals surface area contributed by atoms with Crippen LogP contribution in [0.2, 0.25) is 0 Å². The molecular weight excluding hydrogens is 374 g/mol. The van der Waals surface area contributed by atoms with Crippen molar-refractivity contribution in [3.8, 4) is 0 Å². The predicted octanol–water partition coefficient (Wildman–Crippen LogP) is 2.69. The summed E-state index contributed by atoms with van der Waals surface area (Å²) in [6, 6.07) is 16.9. The Morgan fingerprint density at radius 1 is 1.04 bits per heavy atom. The molecule has 1 heterocycles. The van der Waals surface area contributed by atoms with Gasteiger partial charge in [-0.05, 0) is 37.5 Å². The molecule has 6 nitrogen and oxygen atoms in total. The maximum atomic E-state index is 13.1. The summed E-state index contributed by atoms with van der Waals surface area (Å²) in [5.74, 6) is -0.0791. The fraction of sp³-hybridized carbons (Fsp3) is 0.381. The minimum Gasteiger partial charge on any atom is -0.324 e. The number of sulfonamides is 1. The number of nitrogens with one attached hydrogen (secondary N) is 2. The number of carbonyl (C=O) groups is 1. The molecule has 3 rings (SSSR count). The Bertz CT molecular complexity index is 890. The first-order valence-electron chi connectivity index (χ1n) is 9.46. The summed E-state index contributed by atoms with van der Waals surface area (Å²) in [6.45, 7) is 3.30. The van der Waals surface area contributed by atoms with Gasteiger partial charge in [0, 0.05) is 24.8 Å². The number of amides is 1. The Morgan fingerprint density at radius 3 is 2.21 bits per heavy atom. The standard InChI is InChI=1S/C21H27N3O3S/c1-16-8-10-18(11-9-16)22-21(25)20(17-6-4-3-5-7-17)24-14-12-19(13-15-24)23-28(2,26)27/h3-11,19-20,23H,12-15H2,1-2H3,(H,22,25). The quantitative estimate of drug-likeness (QED) is 0.780. The highest BCUT2D eigenvalue weighted by Crippen LogP contribution is 2.26. The second-order valence-corrected chi connectivity index (χ2v) is 9.15. The molecule has 0 spiro atoms. The number of likely N-dealkylation sites (tertiary alicyclic amines) is 1. The summed E-state index contributed by atoms with van der Waals surface area (Å²) in [5.41, 5.74) is 2.84. The van der Waals surface area contributed by atoms with Gasteiger partial charge >= 0.3 is 0 Å². The van der Waals surface area contributed by atoms with E-state index in [1.807, 2.05) is 61.5 Å². The summed E-state index contributed by atoms with van der Waals surface area (Å²) in [4.78, 5) is 15.3. The van der Waals surface area contributed by atoms with Crippen LogP contribution < -0.4 is 10.0 Å². The van der Waals surface area contributed by atoms with Gasteiger partial charge in [-0.2, -0.15) is 0 Å². The first kappa shape index (κ1) is 20.5. The minimum atomic E-state index is -3.22. The topological polar surface area (TPSA) is 78.5 Å². The van der Waals surface area contributed by atoms with Crippen molar-refractivity contribution in [2.45, 2.75) is 31.8 Å². The van der Waals surface area contributed by atoms with Gasteiger partial charge in [-0.15, -0.1) is 0 Å². The maximum Gasteiger partial charge on any atom is 0.246 e. The molecule has 1 amide bonds. The smallest absolute Gasteiger partial charge is 0.246 e. The summed E-state index contributed by atoms with van der Waals surface area (Å²) in [7, 11) is -3.22. The summed E-state index contributed by atoms with van der Waals surface area (Å²) in [6.07, 6.45) is 2.53. The van der Waals surface area contributed by atoms with Gasteiger partial charge in [0.25, 0.3) is 0 Å². The molecule has 0 radical (unpaired) electrons. The molecule has 0 saturated carbocycles. The summed E-state index contributed by atoms with van der Waals surface area (Å²) in [5, 5.41) is 3.02. The molecule has 2 aromatic rings. The highest BCUT2D eigenvalue weighted by molar-refractivity contribution is 7.88. The molecular formula is C21H27N3O3S. The molecule has 1 unspecified atom stereocenters. The third kappa shape index (κ3) is 5.64. The second kappa shape index (κ2) is 8.86. The van der Waals surface area contributed by atoms with E-state index in [0.717, 1.165) is 16.8 Å². The summed E-state index contributed by atoms with van der Waals surface area (Å²) < 4.78 is 25.6. The molecule has 28 heavy (non-hydrogen) atoms. The van der Waals surface area contributed by atoms with Crippen LogP contribution in [0.25, 0.3) is 0 Å². The Morgan fingerprint density at radius 2 is 1.64 bits per heavy atom. The number of benzene rings is 2. The van der Waals surface area contributed by atoms with Crippen LogP contribution in [0.3, 0.4) is 0 Å². The van der Waals surface area contributed by atoms with Crippen LogP contribution in [0.1, 0.15) is 30.0 Å². The van der Waals surface area contributed by atoms with Crippen molar-refractivity contribution in [3.63, 3.8) is 0 Å². The van der Waals surface area contributed by atoms with Gasteiger partial charge in [0.1, 0.15) is 6.04 Å². The third-order valence-electron chi connectivity index (χ3n) is 4.96. The van der Waals surface area contributed by atoms with Crippen molar-refractivity contribution in [2.75, 3.05) is 24.7 Å². The Hall–Kier alpha value is -2.22. The number of anilines is 1. The molecule has 0 bridgehead atoms. The third-order valence-corrected chi connectivity index (χ3v) is 5.72. The van der Waals surface area contributed by atoms with E-state index in [1.165, 1.54) is 6.26 Å². The monoisotopic (exact) mass is 401 g/mol. The van der Waals surface area contributed by atoms with Crippen molar-refractivity contribution < 1.29 is 13.2 Å². The molecule has 2 aromatic carbocycles. The zero-order valence-electron chi connectivity index (χ0n) is 16.3. The lowest BCUT2D eigenvalue weighted by Crippen LogP contribution is -2.47. The summed E-state index contributed by atoms with van der Waals surface area (Å²) >= 11 is 0. The van der Waals surface area contributed by atoms with E-state index in [4.69, 9.17) is 0 Å². The Balaban J connectivity index is 1.75. The maximum absolute atomic E-state index is 13.1. The van der Waals surface area contributed by atoms with Crippen LogP contribution in [0.15, 0.2) is 54.6 Å². The van der Waals surface area contributed by atoms with Crippen LogP contribution in [0.4, 0.5) is 5.69 Å². The molecule has 1 aliphatic heterocycles. The van der Waals surface area contributed by atoms with E-state index in [2.05, 4.69) is 14.9 Å². The molecule has 1 atom stereocenters. The number of carbonyl (C=O) groups excluding carboxylic acids is 1. The zero-order chi connectivity index (χ0) is 20.1. The Labute approximate surface area is 167 Å². The van der Waals surface area contributed by atoms with E-state index in [1.54, 1.807) is 0 Å². The predicted molar refractivity (Wildman–Crippen MR) is 112 cm³/mol. The van der Waals surface area contributed by atoms with E-state index in [9.17, 15) is 13.2 Å². The lowest BCUT2D eigenvalue weighted by molar-refractivity contribution is -0.122. The molecule has 150 valence electrons. The average Bonchev–Trinajstić information content (AvgIpc) is 2.65. The highest BCUT2D eigenvalue weighted by atomic mass is 32.2. The first-order valence-corrected chi connectivity index (χ1v) is 11.3. The SMILES string of the molecule is Cc1ccc(NC(=O)C(c2ccccc2)N2CCC(NS(C)(=O)=O)CC2)cc1. The van der Waals surface area contributed by atoms with E-state index in [-0.39, 0.29) is 11.9 Å². The van der Waals surface area contributed by atoms with Crippen molar-refractivity contribution in [1.29, 1.82) is 0 Å². The van der Waals surface area contributed by atoms with Crippen LogP contribution in [-0.2, 0) is 14.8 Å². The van der Waals surface area contributed by atoms with E-state index >= 15 is 0 Å². The highest BCUT2D eigenvalue weighted by Gasteiger charge is 2.31. The molecule has 1 saturated heterocycles. The lowest BCUT2D eigenvalue weighted by Gasteiger charge is -2.37. The van der Waals surface area contributed by atoms with Crippen LogP contribution >= 0.6 is 0 Å². The lowest BCUT2D eigenvalue weighted by atomic mass is 9.99. The fourth-order valence-corrected chi connectivity index (χ4v) is 4.43. The fourth-order valence-electron chi connectivity index (χ4n) is 3.59. The molecule has 2 N–H and O–H groups in total. The molecule has 7 heteroatoms. The van der Waals surface area contributed by atoms with Gasteiger partial charge in [0.2, 0.25) is 15.9 Å². The van der Waals surface area contributed by atoms with Crippen molar-refractivity contribution >= 4 is 21.6 Å². The van der Waals surface area contributed by atoms with Crippen LogP contribution in [0, 0.1) is 6.92 Å². The van der Waals surface area contributed by atoms with E-state index in [0.29, 0.717) is 25.9 Å². The van der Waals surface area contributed by atoms with Crippen LogP contribution in [0.5, 0.6) is 0 Å². The van der Waals surface area contributed by atoms with Gasteiger partial charge in [-0.3, -0.25) is 9.69 Å². The van der Waals surface area contributed by atoms with Crippen LogP contribution in [-0.4, -0.2) is 44.6 Å². The number of rotatable bonds is 6. The van der Waals surface area contributed by atoms with Gasteiger partial charge in [0.15, 0.2) is 0 Å². The molecule has 0 aliphatic carbocycles. The first-order chi connectivity index (χ1) is 13.3. The number of hydrogen-bond donors (Lipinski definition) is 2. The molecule has 0 aromatic heterocycles. The van der Waals surface area contributed by atoms with Gasteiger partial charge < -0.3 is 5.32 Å². The number of piperidine rings is 1. The number of nitrogens with zero attached hydrogens (tertiary/aromatic N) is 1. The normalized spacial score (nSPS) is 17.2. The van der Waals surface area contributed by atoms with Crippen molar-refractivity contribution in [1.82, 2.24) is 9.62 Å². The number of aryl methyl sites for hydroxylation is 1. The minimum absolute atomic E-state index is 0.0791. The van der Waals surface area contributed by atoms with Gasteiger partial charge in [-0.1, -0.05) is 48.0 Å². The zero-order valence-corrected chi connectivity index (χ0v) is 17.1.